The fraction of sp³-hybridized carbons (Fsp3) is 0.375. The van der Waals surface area contributed by atoms with Crippen molar-refractivity contribution in [1.82, 2.24) is 10.6 Å². The van der Waals surface area contributed by atoms with Crippen LogP contribution < -0.4 is 15.4 Å². The Morgan fingerprint density at radius 3 is 3.05 bits per heavy atom. The van der Waals surface area contributed by atoms with E-state index in [9.17, 15) is 4.79 Å². The summed E-state index contributed by atoms with van der Waals surface area (Å²) in [6.45, 7) is 7.74. The van der Waals surface area contributed by atoms with E-state index in [1.807, 2.05) is 25.1 Å². The van der Waals surface area contributed by atoms with Crippen molar-refractivity contribution in [3.63, 3.8) is 0 Å². The third-order valence-corrected chi connectivity index (χ3v) is 4.28. The summed E-state index contributed by atoms with van der Waals surface area (Å²) in [7, 11) is 0. The van der Waals surface area contributed by atoms with Crippen LogP contribution in [0.2, 0.25) is 0 Å². The van der Waals surface area contributed by atoms with E-state index < -0.39 is 11.6 Å². The minimum Gasteiger partial charge on any atom is -0.466 e. The summed E-state index contributed by atoms with van der Waals surface area (Å²) >= 11 is 5.25. The summed E-state index contributed by atoms with van der Waals surface area (Å²) in [4.78, 5) is 12.4. The zero-order valence-electron chi connectivity index (χ0n) is 12.5. The predicted molar refractivity (Wildman–Crippen MR) is 87.3 cm³/mol. The third kappa shape index (κ3) is 2.14. The van der Waals surface area contributed by atoms with Crippen molar-refractivity contribution in [3.8, 4) is 5.75 Å². The first-order valence-corrected chi connectivity index (χ1v) is 7.60. The molecule has 0 amide bonds. The summed E-state index contributed by atoms with van der Waals surface area (Å²) < 4.78 is 11.4. The second-order valence-electron chi connectivity index (χ2n) is 5.48. The van der Waals surface area contributed by atoms with Crippen LogP contribution in [0.5, 0.6) is 5.75 Å². The van der Waals surface area contributed by atoms with Gasteiger partial charge in [-0.3, -0.25) is 4.79 Å². The maximum Gasteiger partial charge on any atom is 0.317 e. The van der Waals surface area contributed by atoms with Gasteiger partial charge < -0.3 is 20.1 Å². The Hall–Kier alpha value is -2.08. The standard InChI is InChI=1S/C16H18N2O3S/c1-4-9-7-6-8-10-12-11(14(19)20-5-2)16(3,21-13(9)10)18-15(22)17-12/h4,6-8,11-12H,1,5H2,2-3H3,(H2,17,18,22)/t11-,12+,16-/m0/s1. The molecule has 2 aliphatic rings. The molecule has 5 nitrogen and oxygen atoms in total. The van der Waals surface area contributed by atoms with Crippen LogP contribution in [0.3, 0.4) is 0 Å². The van der Waals surface area contributed by atoms with Gasteiger partial charge in [0.1, 0.15) is 11.7 Å². The highest BCUT2D eigenvalue weighted by Crippen LogP contribution is 2.46. The number of esters is 1. The largest absolute Gasteiger partial charge is 0.466 e. The Kier molecular flexibility index (Phi) is 3.56. The second kappa shape index (κ2) is 5.28. The number of carbonyl (C=O) groups excluding carboxylic acids is 1. The molecule has 2 N–H and O–H groups in total. The van der Waals surface area contributed by atoms with Crippen molar-refractivity contribution in [2.45, 2.75) is 25.6 Å². The van der Waals surface area contributed by atoms with Gasteiger partial charge in [-0.25, -0.2) is 0 Å². The molecule has 1 aromatic carbocycles. The van der Waals surface area contributed by atoms with E-state index in [2.05, 4.69) is 17.2 Å². The van der Waals surface area contributed by atoms with Crippen molar-refractivity contribution in [1.29, 1.82) is 0 Å². The molecular formula is C16H18N2O3S. The Morgan fingerprint density at radius 1 is 1.59 bits per heavy atom. The number of hydrogen-bond acceptors (Lipinski definition) is 4. The normalized spacial score (nSPS) is 28.5. The minimum absolute atomic E-state index is 0.290. The lowest BCUT2D eigenvalue weighted by atomic mass is 9.80. The summed E-state index contributed by atoms with van der Waals surface area (Å²) in [6.07, 6.45) is 1.74. The fourth-order valence-corrected chi connectivity index (χ4v) is 3.46. The Labute approximate surface area is 134 Å². The van der Waals surface area contributed by atoms with Crippen molar-refractivity contribution >= 4 is 29.4 Å². The number of nitrogens with one attached hydrogen (secondary N) is 2. The molecule has 3 atom stereocenters. The molecule has 1 aromatic rings. The number of benzene rings is 1. The van der Waals surface area contributed by atoms with Crippen LogP contribution in [0.15, 0.2) is 24.8 Å². The van der Waals surface area contributed by atoms with Gasteiger partial charge in [-0.05, 0) is 26.1 Å². The maximum absolute atomic E-state index is 12.4. The molecule has 0 aromatic heterocycles. The lowest BCUT2D eigenvalue weighted by molar-refractivity contribution is -0.162. The molecule has 2 bridgehead atoms. The molecular weight excluding hydrogens is 300 g/mol. The molecule has 2 heterocycles. The van der Waals surface area contributed by atoms with Crippen molar-refractivity contribution < 1.29 is 14.3 Å². The first-order chi connectivity index (χ1) is 10.5. The molecule has 0 saturated carbocycles. The molecule has 0 radical (unpaired) electrons. The van der Waals surface area contributed by atoms with Gasteiger partial charge in [0.25, 0.3) is 0 Å². The maximum atomic E-state index is 12.4. The number of carbonyl (C=O) groups is 1. The zero-order valence-corrected chi connectivity index (χ0v) is 13.3. The van der Waals surface area contributed by atoms with Crippen LogP contribution in [-0.2, 0) is 9.53 Å². The van der Waals surface area contributed by atoms with Crippen molar-refractivity contribution in [2.24, 2.45) is 5.92 Å². The SMILES string of the molecule is C=Cc1cccc2c1O[C@]1(C)NC(=S)N[C@H]2[C@H]1C(=O)OCC. The molecule has 0 unspecified atom stereocenters. The van der Waals surface area contributed by atoms with Gasteiger partial charge in [0.05, 0.1) is 12.6 Å². The molecule has 0 aliphatic carbocycles. The van der Waals surface area contributed by atoms with Crippen LogP contribution in [0.4, 0.5) is 0 Å². The first kappa shape index (κ1) is 14.8. The lowest BCUT2D eigenvalue weighted by Crippen LogP contribution is -2.70. The Bertz CT molecular complexity index is 661. The second-order valence-corrected chi connectivity index (χ2v) is 5.89. The first-order valence-electron chi connectivity index (χ1n) is 7.20. The van der Waals surface area contributed by atoms with Gasteiger partial charge >= 0.3 is 5.97 Å². The van der Waals surface area contributed by atoms with E-state index in [1.165, 1.54) is 0 Å². The van der Waals surface area contributed by atoms with Crippen LogP contribution >= 0.6 is 12.2 Å². The zero-order chi connectivity index (χ0) is 15.9. The fourth-order valence-electron chi connectivity index (χ4n) is 3.13. The Balaban J connectivity index is 2.14. The van der Waals surface area contributed by atoms with Crippen LogP contribution in [0.1, 0.15) is 31.0 Å². The molecule has 1 saturated heterocycles. The lowest BCUT2D eigenvalue weighted by Gasteiger charge is -2.50. The predicted octanol–water partition coefficient (Wildman–Crippen LogP) is 2.14. The van der Waals surface area contributed by atoms with Gasteiger partial charge in [-0.1, -0.05) is 30.9 Å². The van der Waals surface area contributed by atoms with E-state index in [0.717, 1.165) is 11.1 Å². The summed E-state index contributed by atoms with van der Waals surface area (Å²) in [5.74, 6) is -0.132. The molecule has 6 heteroatoms. The highest BCUT2D eigenvalue weighted by Gasteiger charge is 2.55. The van der Waals surface area contributed by atoms with Crippen LogP contribution in [0, 0.1) is 5.92 Å². The van der Waals surface area contributed by atoms with Gasteiger partial charge in [-0.2, -0.15) is 0 Å². The molecule has 0 spiro atoms. The summed E-state index contributed by atoms with van der Waals surface area (Å²) in [6, 6.07) is 5.48. The van der Waals surface area contributed by atoms with Crippen molar-refractivity contribution in [2.75, 3.05) is 6.61 Å². The number of thiocarbonyl (C=S) groups is 1. The van der Waals surface area contributed by atoms with E-state index in [1.54, 1.807) is 13.0 Å². The molecule has 2 aliphatic heterocycles. The molecule has 3 rings (SSSR count). The highest BCUT2D eigenvalue weighted by atomic mass is 32.1. The van der Waals surface area contributed by atoms with E-state index in [-0.39, 0.29) is 12.0 Å². The van der Waals surface area contributed by atoms with Gasteiger partial charge in [0, 0.05) is 11.1 Å². The van der Waals surface area contributed by atoms with Crippen LogP contribution in [-0.4, -0.2) is 23.4 Å². The minimum atomic E-state index is -0.953. The summed E-state index contributed by atoms with van der Waals surface area (Å²) in [5.41, 5.74) is 0.815. The third-order valence-electron chi connectivity index (χ3n) is 4.06. The smallest absolute Gasteiger partial charge is 0.317 e. The van der Waals surface area contributed by atoms with E-state index in [0.29, 0.717) is 17.5 Å². The van der Waals surface area contributed by atoms with E-state index >= 15 is 0 Å². The number of hydrogen-bond donors (Lipinski definition) is 2. The Morgan fingerprint density at radius 2 is 2.36 bits per heavy atom. The molecule has 22 heavy (non-hydrogen) atoms. The van der Waals surface area contributed by atoms with Gasteiger partial charge in [0.2, 0.25) is 0 Å². The highest BCUT2D eigenvalue weighted by molar-refractivity contribution is 7.80. The number of para-hydroxylation sites is 1. The monoisotopic (exact) mass is 318 g/mol. The number of rotatable bonds is 3. The van der Waals surface area contributed by atoms with Gasteiger partial charge in [0.15, 0.2) is 10.8 Å². The van der Waals surface area contributed by atoms with Gasteiger partial charge in [-0.15, -0.1) is 0 Å². The van der Waals surface area contributed by atoms with Crippen LogP contribution in [0.25, 0.3) is 6.08 Å². The average Bonchev–Trinajstić information content (AvgIpc) is 2.45. The average molecular weight is 318 g/mol. The topological polar surface area (TPSA) is 59.6 Å². The molecule has 1 fully saturated rings. The quantitative estimate of drug-likeness (QED) is 0.658. The van der Waals surface area contributed by atoms with Crippen molar-refractivity contribution in [3.05, 3.63) is 35.9 Å². The number of fused-ring (bicyclic) bond motifs is 4. The number of ether oxygens (including phenoxy) is 2. The molecule has 116 valence electrons. The summed E-state index contributed by atoms with van der Waals surface area (Å²) in [5, 5.41) is 6.70. The van der Waals surface area contributed by atoms with E-state index in [4.69, 9.17) is 21.7 Å².